The zero-order valence-corrected chi connectivity index (χ0v) is 17.4. The second-order valence-corrected chi connectivity index (χ2v) is 7.40. The summed E-state index contributed by atoms with van der Waals surface area (Å²) >= 11 is 0. The van der Waals surface area contributed by atoms with Gasteiger partial charge in [0.05, 0.1) is 6.61 Å². The Bertz CT molecular complexity index is 886. The van der Waals surface area contributed by atoms with Crippen molar-refractivity contribution in [2.24, 2.45) is 0 Å². The molecule has 0 saturated heterocycles. The Kier molecular flexibility index (Phi) is 7.85. The molecule has 2 aromatic carbocycles. The van der Waals surface area contributed by atoms with Crippen LogP contribution < -0.4 is 9.47 Å². The average molecular weight is 393 g/mol. The Hall–Kier alpha value is -3.26. The molecule has 0 radical (unpaired) electrons. The fourth-order valence-corrected chi connectivity index (χ4v) is 2.59. The molecule has 0 saturated carbocycles. The summed E-state index contributed by atoms with van der Waals surface area (Å²) in [6.07, 6.45) is 1.47. The second kappa shape index (κ2) is 10.3. The number of benzene rings is 2. The SMILES string of the molecule is CCOC(=O)C(C#N)=Cc1ccccc1OCCOc1ccc(C(C)(C)C)cc1. The van der Waals surface area contributed by atoms with Crippen LogP contribution >= 0.6 is 0 Å². The summed E-state index contributed by atoms with van der Waals surface area (Å²) in [5.41, 5.74) is 1.91. The number of carbonyl (C=O) groups excluding carboxylic acids is 1. The highest BCUT2D eigenvalue weighted by molar-refractivity contribution is 5.98. The number of para-hydroxylation sites is 1. The molecule has 0 unspecified atom stereocenters. The van der Waals surface area contributed by atoms with E-state index in [1.807, 2.05) is 30.3 Å². The van der Waals surface area contributed by atoms with E-state index in [2.05, 4.69) is 32.9 Å². The van der Waals surface area contributed by atoms with Crippen molar-refractivity contribution in [3.63, 3.8) is 0 Å². The molecule has 0 spiro atoms. The summed E-state index contributed by atoms with van der Waals surface area (Å²) in [4.78, 5) is 11.8. The van der Waals surface area contributed by atoms with Crippen molar-refractivity contribution in [1.29, 1.82) is 5.26 Å². The minimum atomic E-state index is -0.646. The third-order valence-electron chi connectivity index (χ3n) is 4.16. The Morgan fingerprint density at radius 1 is 1.03 bits per heavy atom. The largest absolute Gasteiger partial charge is 0.490 e. The number of hydrogen-bond acceptors (Lipinski definition) is 5. The Balaban J connectivity index is 1.96. The third-order valence-corrected chi connectivity index (χ3v) is 4.16. The molecule has 0 aromatic heterocycles. The van der Waals surface area contributed by atoms with Crippen LogP contribution in [0.15, 0.2) is 54.1 Å². The van der Waals surface area contributed by atoms with Crippen LogP contribution in [0.2, 0.25) is 0 Å². The number of nitrogens with zero attached hydrogens (tertiary/aromatic N) is 1. The quantitative estimate of drug-likeness (QED) is 0.276. The minimum absolute atomic E-state index is 0.0712. The molecule has 0 bridgehead atoms. The van der Waals surface area contributed by atoms with Crippen molar-refractivity contribution in [2.75, 3.05) is 19.8 Å². The van der Waals surface area contributed by atoms with Crippen LogP contribution in [0, 0.1) is 11.3 Å². The number of nitriles is 1. The molecule has 0 heterocycles. The smallest absolute Gasteiger partial charge is 0.348 e. The zero-order chi connectivity index (χ0) is 21.3. The summed E-state index contributed by atoms with van der Waals surface area (Å²) in [5.74, 6) is 0.701. The lowest BCUT2D eigenvalue weighted by Gasteiger charge is -2.19. The molecule has 2 rings (SSSR count). The Morgan fingerprint density at radius 3 is 2.31 bits per heavy atom. The molecule has 0 N–H and O–H groups in total. The van der Waals surface area contributed by atoms with E-state index in [1.54, 1.807) is 19.1 Å². The number of hydrogen-bond donors (Lipinski definition) is 0. The fraction of sp³-hybridized carbons (Fsp3) is 0.333. The summed E-state index contributed by atoms with van der Waals surface area (Å²) in [7, 11) is 0. The molecule has 0 aliphatic carbocycles. The van der Waals surface area contributed by atoms with Gasteiger partial charge in [0.25, 0.3) is 0 Å². The summed E-state index contributed by atoms with van der Waals surface area (Å²) < 4.78 is 16.4. The van der Waals surface area contributed by atoms with Crippen LogP contribution in [0.25, 0.3) is 6.08 Å². The lowest BCUT2D eigenvalue weighted by molar-refractivity contribution is -0.137. The van der Waals surface area contributed by atoms with Crippen LogP contribution in [0.4, 0.5) is 0 Å². The van der Waals surface area contributed by atoms with Crippen LogP contribution in [0.3, 0.4) is 0 Å². The first-order chi connectivity index (χ1) is 13.8. The first kappa shape index (κ1) is 22.0. The molecule has 29 heavy (non-hydrogen) atoms. The van der Waals surface area contributed by atoms with Gasteiger partial charge in [-0.05, 0) is 42.2 Å². The van der Waals surface area contributed by atoms with Crippen LogP contribution in [0.1, 0.15) is 38.8 Å². The molecule has 5 nitrogen and oxygen atoms in total. The van der Waals surface area contributed by atoms with Crippen molar-refractivity contribution in [3.8, 4) is 17.6 Å². The molecule has 2 aromatic rings. The maximum atomic E-state index is 11.8. The number of carbonyl (C=O) groups is 1. The number of ether oxygens (including phenoxy) is 3. The van der Waals surface area contributed by atoms with Gasteiger partial charge in [0, 0.05) is 5.56 Å². The van der Waals surface area contributed by atoms with Crippen LogP contribution in [-0.4, -0.2) is 25.8 Å². The van der Waals surface area contributed by atoms with E-state index < -0.39 is 5.97 Å². The highest BCUT2D eigenvalue weighted by Gasteiger charge is 2.13. The highest BCUT2D eigenvalue weighted by atomic mass is 16.5. The van der Waals surface area contributed by atoms with Gasteiger partial charge in [-0.25, -0.2) is 4.79 Å². The second-order valence-electron chi connectivity index (χ2n) is 7.40. The van der Waals surface area contributed by atoms with Crippen molar-refractivity contribution >= 4 is 12.0 Å². The maximum absolute atomic E-state index is 11.8. The normalized spacial score (nSPS) is 11.5. The van der Waals surface area contributed by atoms with Crippen molar-refractivity contribution in [3.05, 3.63) is 65.2 Å². The van der Waals surface area contributed by atoms with Gasteiger partial charge in [-0.2, -0.15) is 5.26 Å². The van der Waals surface area contributed by atoms with E-state index in [0.717, 1.165) is 5.75 Å². The third kappa shape index (κ3) is 6.69. The van der Waals surface area contributed by atoms with Gasteiger partial charge in [0.15, 0.2) is 0 Å². The van der Waals surface area contributed by atoms with Crippen molar-refractivity contribution in [2.45, 2.75) is 33.1 Å². The van der Waals surface area contributed by atoms with E-state index in [4.69, 9.17) is 14.2 Å². The first-order valence-corrected chi connectivity index (χ1v) is 9.59. The van der Waals surface area contributed by atoms with Crippen molar-refractivity contribution < 1.29 is 19.0 Å². The lowest BCUT2D eigenvalue weighted by atomic mass is 9.87. The predicted molar refractivity (Wildman–Crippen MR) is 113 cm³/mol. The molecule has 5 heteroatoms. The maximum Gasteiger partial charge on any atom is 0.348 e. The summed E-state index contributed by atoms with van der Waals surface area (Å²) in [5, 5.41) is 9.21. The predicted octanol–water partition coefficient (Wildman–Crippen LogP) is 4.91. The topological polar surface area (TPSA) is 68.6 Å². The number of rotatable bonds is 8. The van der Waals surface area contributed by atoms with Gasteiger partial charge in [-0.3, -0.25) is 0 Å². The lowest BCUT2D eigenvalue weighted by Crippen LogP contribution is -2.12. The van der Waals surface area contributed by atoms with E-state index in [-0.39, 0.29) is 17.6 Å². The summed E-state index contributed by atoms with van der Waals surface area (Å²) in [6, 6.07) is 17.1. The van der Waals surface area contributed by atoms with Gasteiger partial charge in [-0.1, -0.05) is 51.1 Å². The zero-order valence-electron chi connectivity index (χ0n) is 17.4. The molecule has 0 atom stereocenters. The van der Waals surface area contributed by atoms with E-state index >= 15 is 0 Å². The average Bonchev–Trinajstić information content (AvgIpc) is 2.70. The molecule has 0 amide bonds. The minimum Gasteiger partial charge on any atom is -0.490 e. The van der Waals surface area contributed by atoms with Crippen LogP contribution in [0.5, 0.6) is 11.5 Å². The van der Waals surface area contributed by atoms with E-state index in [9.17, 15) is 10.1 Å². The Labute approximate surface area is 172 Å². The molecule has 0 aliphatic heterocycles. The first-order valence-electron chi connectivity index (χ1n) is 9.59. The van der Waals surface area contributed by atoms with E-state index in [0.29, 0.717) is 24.5 Å². The standard InChI is InChI=1S/C24H27NO4/c1-5-27-23(26)19(17-25)16-18-8-6-7-9-22(18)29-15-14-28-21-12-10-20(11-13-21)24(2,3)4/h6-13,16H,5,14-15H2,1-4H3. The monoisotopic (exact) mass is 393 g/mol. The van der Waals surface area contributed by atoms with Gasteiger partial charge < -0.3 is 14.2 Å². The van der Waals surface area contributed by atoms with Gasteiger partial charge in [0.1, 0.15) is 36.4 Å². The molecule has 0 aliphatic rings. The van der Waals surface area contributed by atoms with Gasteiger partial charge in [0.2, 0.25) is 0 Å². The molecule has 152 valence electrons. The fourth-order valence-electron chi connectivity index (χ4n) is 2.59. The van der Waals surface area contributed by atoms with Gasteiger partial charge in [-0.15, -0.1) is 0 Å². The van der Waals surface area contributed by atoms with E-state index in [1.165, 1.54) is 11.6 Å². The Morgan fingerprint density at radius 2 is 1.69 bits per heavy atom. The van der Waals surface area contributed by atoms with Gasteiger partial charge >= 0.3 is 5.97 Å². The highest BCUT2D eigenvalue weighted by Crippen LogP contribution is 2.24. The van der Waals surface area contributed by atoms with Crippen LogP contribution in [-0.2, 0) is 14.9 Å². The van der Waals surface area contributed by atoms with Crippen molar-refractivity contribution in [1.82, 2.24) is 0 Å². The molecular weight excluding hydrogens is 366 g/mol. The molecular formula is C24H27NO4. The molecule has 0 fully saturated rings. The summed E-state index contributed by atoms with van der Waals surface area (Å²) in [6.45, 7) is 9.11. The number of esters is 1.